The Hall–Kier alpha value is -3.87. The molecule has 6 nitrogen and oxygen atoms in total. The second-order valence-corrected chi connectivity index (χ2v) is 7.21. The first kappa shape index (κ1) is 22.8. The molecule has 0 aromatic heterocycles. The van der Waals surface area contributed by atoms with Gasteiger partial charge < -0.3 is 20.1 Å². The molecule has 7 heteroatoms. The van der Waals surface area contributed by atoms with Crippen molar-refractivity contribution in [1.29, 1.82) is 0 Å². The van der Waals surface area contributed by atoms with Crippen LogP contribution in [0.4, 0.5) is 14.9 Å². The fourth-order valence-electron chi connectivity index (χ4n) is 3.08. The molecule has 0 radical (unpaired) electrons. The molecule has 1 atom stereocenters. The highest BCUT2D eigenvalue weighted by atomic mass is 19.1. The Labute approximate surface area is 186 Å². The summed E-state index contributed by atoms with van der Waals surface area (Å²) in [5.41, 5.74) is 2.89. The molecule has 0 aliphatic carbocycles. The van der Waals surface area contributed by atoms with Crippen LogP contribution < -0.4 is 15.4 Å². The summed E-state index contributed by atoms with van der Waals surface area (Å²) in [6.07, 6.45) is 0.173. The van der Waals surface area contributed by atoms with Crippen molar-refractivity contribution in [3.8, 4) is 5.75 Å². The van der Waals surface area contributed by atoms with Crippen LogP contribution in [0.25, 0.3) is 0 Å². The Bertz CT molecular complexity index is 1050. The van der Waals surface area contributed by atoms with Crippen LogP contribution in [0.2, 0.25) is 0 Å². The minimum Gasteiger partial charge on any atom is -0.486 e. The van der Waals surface area contributed by atoms with E-state index in [2.05, 4.69) is 10.6 Å². The zero-order chi connectivity index (χ0) is 22.9. The largest absolute Gasteiger partial charge is 0.486 e. The molecule has 3 rings (SSSR count). The van der Waals surface area contributed by atoms with E-state index in [1.807, 2.05) is 31.2 Å². The van der Waals surface area contributed by atoms with Crippen LogP contribution in [0.1, 0.15) is 34.0 Å². The molecule has 32 heavy (non-hydrogen) atoms. The van der Waals surface area contributed by atoms with Crippen molar-refractivity contribution >= 4 is 17.7 Å². The number of anilines is 1. The third kappa shape index (κ3) is 6.57. The molecule has 0 saturated carbocycles. The van der Waals surface area contributed by atoms with Gasteiger partial charge in [-0.2, -0.15) is 0 Å². The molecule has 1 unspecified atom stereocenters. The Kier molecular flexibility index (Phi) is 7.80. The van der Waals surface area contributed by atoms with Gasteiger partial charge in [0.15, 0.2) is 0 Å². The number of benzene rings is 3. The van der Waals surface area contributed by atoms with Gasteiger partial charge in [-0.25, -0.2) is 14.0 Å². The minimum absolute atomic E-state index is 0.325. The van der Waals surface area contributed by atoms with Crippen molar-refractivity contribution in [3.63, 3.8) is 0 Å². The summed E-state index contributed by atoms with van der Waals surface area (Å²) in [5.74, 6) is -0.249. The maximum Gasteiger partial charge on any atom is 0.337 e. The number of nitrogens with one attached hydrogen (secondary N) is 2. The van der Waals surface area contributed by atoms with E-state index in [1.54, 1.807) is 30.3 Å². The lowest BCUT2D eigenvalue weighted by atomic mass is 10.0. The van der Waals surface area contributed by atoms with Gasteiger partial charge in [0.05, 0.1) is 12.7 Å². The van der Waals surface area contributed by atoms with Gasteiger partial charge in [0.1, 0.15) is 17.7 Å². The van der Waals surface area contributed by atoms with Crippen molar-refractivity contribution in [2.75, 3.05) is 19.0 Å². The van der Waals surface area contributed by atoms with Crippen molar-refractivity contribution in [1.82, 2.24) is 5.32 Å². The fourth-order valence-corrected chi connectivity index (χ4v) is 3.08. The first-order chi connectivity index (χ1) is 15.4. The predicted octanol–water partition coefficient (Wildman–Crippen LogP) is 5.25. The number of carbonyl (C=O) groups is 2. The summed E-state index contributed by atoms with van der Waals surface area (Å²) < 4.78 is 24.1. The minimum atomic E-state index is -0.430. The Balaban J connectivity index is 1.63. The molecular weight excluding hydrogens is 411 g/mol. The van der Waals surface area contributed by atoms with Gasteiger partial charge in [-0.1, -0.05) is 35.9 Å². The highest BCUT2D eigenvalue weighted by Gasteiger charge is 2.15. The van der Waals surface area contributed by atoms with Crippen molar-refractivity contribution in [3.05, 3.63) is 95.3 Å². The van der Waals surface area contributed by atoms with Crippen molar-refractivity contribution < 1.29 is 23.5 Å². The van der Waals surface area contributed by atoms with E-state index in [0.717, 1.165) is 11.1 Å². The number of amides is 2. The van der Waals surface area contributed by atoms with Gasteiger partial charge in [-0.15, -0.1) is 0 Å². The topological polar surface area (TPSA) is 76.7 Å². The first-order valence-electron chi connectivity index (χ1n) is 10.2. The molecule has 2 N–H and O–H groups in total. The molecule has 0 heterocycles. The number of carbonyl (C=O) groups excluding carboxylic acids is 2. The zero-order valence-corrected chi connectivity index (χ0v) is 17.9. The molecule has 0 saturated heterocycles. The average Bonchev–Trinajstić information content (AvgIpc) is 2.79. The monoisotopic (exact) mass is 436 g/mol. The number of urea groups is 1. The molecule has 3 aromatic rings. The SMILES string of the molecule is COC(=O)c1ccc(OC(CCNC(=O)Nc2cccc(F)c2)c2ccc(C)cc2)cc1. The second-order valence-electron chi connectivity index (χ2n) is 7.21. The van der Waals surface area contributed by atoms with Crippen molar-refractivity contribution in [2.45, 2.75) is 19.4 Å². The van der Waals surface area contributed by atoms with Crippen molar-refractivity contribution in [2.24, 2.45) is 0 Å². The van der Waals surface area contributed by atoms with E-state index in [0.29, 0.717) is 30.0 Å². The number of halogens is 1. The number of methoxy groups -OCH3 is 1. The van der Waals surface area contributed by atoms with Crippen LogP contribution in [0.5, 0.6) is 5.75 Å². The van der Waals surface area contributed by atoms with E-state index in [9.17, 15) is 14.0 Å². The molecule has 2 amide bonds. The Morgan fingerprint density at radius 2 is 1.72 bits per heavy atom. The highest BCUT2D eigenvalue weighted by Crippen LogP contribution is 2.25. The molecule has 0 aliphatic rings. The van der Waals surface area contributed by atoms with E-state index < -0.39 is 17.8 Å². The lowest BCUT2D eigenvalue weighted by Gasteiger charge is -2.20. The summed E-state index contributed by atoms with van der Waals surface area (Å²) in [7, 11) is 1.33. The zero-order valence-electron chi connectivity index (χ0n) is 17.9. The summed E-state index contributed by atoms with van der Waals surface area (Å²) in [4.78, 5) is 23.8. The predicted molar refractivity (Wildman–Crippen MR) is 120 cm³/mol. The second kappa shape index (κ2) is 10.9. The lowest BCUT2D eigenvalue weighted by molar-refractivity contribution is 0.0600. The Morgan fingerprint density at radius 3 is 2.38 bits per heavy atom. The highest BCUT2D eigenvalue weighted by molar-refractivity contribution is 5.89. The van der Waals surface area contributed by atoms with Crippen LogP contribution in [-0.4, -0.2) is 25.7 Å². The van der Waals surface area contributed by atoms with Crippen LogP contribution in [0, 0.1) is 12.7 Å². The molecule has 0 aliphatic heterocycles. The number of aryl methyl sites for hydroxylation is 1. The molecule has 166 valence electrons. The van der Waals surface area contributed by atoms with Crippen LogP contribution in [0.3, 0.4) is 0 Å². The van der Waals surface area contributed by atoms with Gasteiger partial charge in [0.2, 0.25) is 0 Å². The van der Waals surface area contributed by atoms with Crippen LogP contribution >= 0.6 is 0 Å². The number of esters is 1. The number of hydrogen-bond acceptors (Lipinski definition) is 4. The fraction of sp³-hybridized carbons (Fsp3) is 0.200. The quantitative estimate of drug-likeness (QED) is 0.473. The molecular formula is C25H25FN2O4. The maximum atomic E-state index is 13.3. The van der Waals surface area contributed by atoms with Crippen LogP contribution in [0.15, 0.2) is 72.8 Å². The van der Waals surface area contributed by atoms with Gasteiger partial charge in [-0.3, -0.25) is 0 Å². The van der Waals surface area contributed by atoms with E-state index in [-0.39, 0.29) is 6.10 Å². The number of hydrogen-bond donors (Lipinski definition) is 2. The normalized spacial score (nSPS) is 11.3. The van der Waals surface area contributed by atoms with Gasteiger partial charge in [-0.05, 0) is 55.0 Å². The number of rotatable bonds is 8. The third-order valence-corrected chi connectivity index (χ3v) is 4.78. The van der Waals surface area contributed by atoms with E-state index >= 15 is 0 Å². The lowest BCUT2D eigenvalue weighted by Crippen LogP contribution is -2.30. The molecule has 3 aromatic carbocycles. The third-order valence-electron chi connectivity index (χ3n) is 4.78. The van der Waals surface area contributed by atoms with Gasteiger partial charge in [0, 0.05) is 18.7 Å². The van der Waals surface area contributed by atoms with Gasteiger partial charge in [0.25, 0.3) is 0 Å². The van der Waals surface area contributed by atoms with Crippen LogP contribution in [-0.2, 0) is 4.74 Å². The smallest absolute Gasteiger partial charge is 0.337 e. The summed E-state index contributed by atoms with van der Waals surface area (Å²) in [6, 6.07) is 19.9. The Morgan fingerprint density at radius 1 is 1.00 bits per heavy atom. The van der Waals surface area contributed by atoms with E-state index in [1.165, 1.54) is 25.3 Å². The number of ether oxygens (including phenoxy) is 2. The maximum absolute atomic E-state index is 13.3. The summed E-state index contributed by atoms with van der Waals surface area (Å²) in [5, 5.41) is 5.37. The average molecular weight is 436 g/mol. The molecule has 0 fully saturated rings. The summed E-state index contributed by atoms with van der Waals surface area (Å²) in [6.45, 7) is 2.34. The molecule has 0 spiro atoms. The standard InChI is InChI=1S/C25H25FN2O4/c1-17-6-8-18(9-7-17)23(32-22-12-10-19(11-13-22)24(29)31-2)14-15-27-25(30)28-21-5-3-4-20(26)16-21/h3-13,16,23H,14-15H2,1-2H3,(H2,27,28,30). The summed E-state index contributed by atoms with van der Waals surface area (Å²) >= 11 is 0. The van der Waals surface area contributed by atoms with E-state index in [4.69, 9.17) is 9.47 Å². The van der Waals surface area contributed by atoms with Gasteiger partial charge >= 0.3 is 12.0 Å². The first-order valence-corrected chi connectivity index (χ1v) is 10.2. The molecule has 0 bridgehead atoms.